The number of rotatable bonds is 6. The van der Waals surface area contributed by atoms with E-state index in [1.165, 1.54) is 0 Å². The third-order valence-electron chi connectivity index (χ3n) is 5.87. The van der Waals surface area contributed by atoms with Crippen LogP contribution in [0.15, 0.2) is 30.3 Å². The number of para-hydroxylation sites is 1. The molecule has 0 aromatic heterocycles. The Hall–Kier alpha value is -2.54. The van der Waals surface area contributed by atoms with Gasteiger partial charge < -0.3 is 9.50 Å². The van der Waals surface area contributed by atoms with Gasteiger partial charge in [0.25, 0.3) is 0 Å². The molecule has 0 aliphatic rings. The smallest absolute Gasteiger partial charge is 0.366 e. The zero-order valence-corrected chi connectivity index (χ0v) is 23.9. The largest absolute Gasteiger partial charge is 0.411 e. The lowest BCUT2D eigenvalue weighted by Crippen LogP contribution is -2.38. The number of hydrogen-bond acceptors (Lipinski definition) is 4. The summed E-state index contributed by atoms with van der Waals surface area (Å²) in [6, 6.07) is 8.85. The Labute approximate surface area is 212 Å². The Morgan fingerprint density at radius 3 is 1.66 bits per heavy atom. The third kappa shape index (κ3) is 7.23. The predicted octanol–water partition coefficient (Wildman–Crippen LogP) is 7.28. The van der Waals surface area contributed by atoms with Crippen LogP contribution in [0.25, 0.3) is 0 Å². The van der Waals surface area contributed by atoms with Crippen LogP contribution in [-0.4, -0.2) is 14.4 Å². The van der Waals surface area contributed by atoms with E-state index in [-0.39, 0.29) is 28.4 Å². The number of hydrogen-bond donors (Lipinski definition) is 2. The van der Waals surface area contributed by atoms with Crippen molar-refractivity contribution in [2.24, 2.45) is 0 Å². The highest BCUT2D eigenvalue weighted by atomic mass is 32.2. The second-order valence-corrected chi connectivity index (χ2v) is 13.2. The molecule has 2 rings (SSSR count). The molecule has 0 fully saturated rings. The van der Waals surface area contributed by atoms with Gasteiger partial charge >= 0.3 is 16.3 Å². The summed E-state index contributed by atoms with van der Waals surface area (Å²) in [5.41, 5.74) is 4.30. The molecule has 194 valence electrons. The normalized spacial score (nSPS) is 12.7. The first-order valence-corrected chi connectivity index (χ1v) is 13.6. The van der Waals surface area contributed by atoms with Crippen molar-refractivity contribution in [3.8, 4) is 5.75 Å². The van der Waals surface area contributed by atoms with Gasteiger partial charge in [0.15, 0.2) is 5.75 Å². The molecule has 2 aromatic carbocycles. The average molecular weight is 503 g/mol. The lowest BCUT2D eigenvalue weighted by Gasteiger charge is -2.29. The van der Waals surface area contributed by atoms with Gasteiger partial charge in [-0.05, 0) is 40.7 Å². The van der Waals surface area contributed by atoms with Crippen LogP contribution in [0.4, 0.5) is 10.5 Å². The van der Waals surface area contributed by atoms with Gasteiger partial charge in [-0.3, -0.25) is 0 Å². The summed E-state index contributed by atoms with van der Waals surface area (Å²) in [4.78, 5) is 12.9. The fourth-order valence-corrected chi connectivity index (χ4v) is 4.77. The predicted molar refractivity (Wildman–Crippen MR) is 145 cm³/mol. The second kappa shape index (κ2) is 10.2. The quantitative estimate of drug-likeness (QED) is 0.435. The molecule has 7 heteroatoms. The highest BCUT2D eigenvalue weighted by Crippen LogP contribution is 2.41. The number of anilines is 1. The molecule has 0 atom stereocenters. The Morgan fingerprint density at radius 1 is 0.857 bits per heavy atom. The van der Waals surface area contributed by atoms with E-state index in [0.717, 1.165) is 27.8 Å². The maximum atomic E-state index is 13.1. The standard InChI is InChI=1S/C28H42N2O4S/c1-17(2)20-13-12-14-21(18(3)4)24(20)29-26(31)30-35(32,33)34-25-22(27(6,7)8)15-19(5)16-23(25)28(9,10)11/h12-18H,1-11H3,(H2,29,30,31). The van der Waals surface area contributed by atoms with Crippen molar-refractivity contribution in [1.82, 2.24) is 4.72 Å². The maximum absolute atomic E-state index is 13.1. The number of benzene rings is 2. The molecule has 2 amide bonds. The summed E-state index contributed by atoms with van der Waals surface area (Å²) in [6.45, 7) is 22.1. The summed E-state index contributed by atoms with van der Waals surface area (Å²) in [6.07, 6.45) is 0. The first-order chi connectivity index (χ1) is 15.8. The molecule has 0 unspecified atom stereocenters. The van der Waals surface area contributed by atoms with Crippen LogP contribution < -0.4 is 14.2 Å². The molecule has 0 saturated carbocycles. The Balaban J connectivity index is 2.46. The monoisotopic (exact) mass is 502 g/mol. The summed E-state index contributed by atoms with van der Waals surface area (Å²) in [5.74, 6) is 0.558. The molecule has 0 saturated heterocycles. The summed E-state index contributed by atoms with van der Waals surface area (Å²) in [7, 11) is -4.46. The zero-order chi connectivity index (χ0) is 26.9. The summed E-state index contributed by atoms with van der Waals surface area (Å²) in [5, 5.41) is 2.77. The van der Waals surface area contributed by atoms with Gasteiger partial charge in [-0.1, -0.05) is 105 Å². The number of amides is 2. The molecule has 0 aliphatic carbocycles. The molecule has 0 spiro atoms. The third-order valence-corrected chi connectivity index (χ3v) is 6.69. The van der Waals surface area contributed by atoms with Crippen molar-refractivity contribution in [3.05, 3.63) is 58.1 Å². The van der Waals surface area contributed by atoms with Gasteiger partial charge in [0, 0.05) is 16.8 Å². The number of carbonyl (C=O) groups excluding carboxylic acids is 1. The van der Waals surface area contributed by atoms with Gasteiger partial charge in [0.05, 0.1) is 0 Å². The van der Waals surface area contributed by atoms with Gasteiger partial charge in [0.2, 0.25) is 0 Å². The van der Waals surface area contributed by atoms with Crippen LogP contribution in [0.3, 0.4) is 0 Å². The van der Waals surface area contributed by atoms with Crippen molar-refractivity contribution in [2.75, 3.05) is 5.32 Å². The van der Waals surface area contributed by atoms with Crippen LogP contribution in [0.5, 0.6) is 5.75 Å². The number of urea groups is 1. The SMILES string of the molecule is Cc1cc(C(C)(C)C)c(OS(=O)(=O)NC(=O)Nc2c(C(C)C)cccc2C(C)C)c(C(C)(C)C)c1. The number of carbonyl (C=O) groups is 1. The van der Waals surface area contributed by atoms with Crippen LogP contribution in [-0.2, 0) is 21.1 Å². The van der Waals surface area contributed by atoms with Crippen LogP contribution in [0, 0.1) is 6.92 Å². The molecule has 0 heterocycles. The minimum atomic E-state index is -4.46. The highest BCUT2D eigenvalue weighted by molar-refractivity contribution is 7.85. The zero-order valence-electron chi connectivity index (χ0n) is 23.1. The molecular weight excluding hydrogens is 460 g/mol. The molecule has 35 heavy (non-hydrogen) atoms. The van der Waals surface area contributed by atoms with E-state index in [4.69, 9.17) is 4.18 Å². The van der Waals surface area contributed by atoms with Crippen molar-refractivity contribution < 1.29 is 17.4 Å². The van der Waals surface area contributed by atoms with E-state index in [9.17, 15) is 13.2 Å². The molecule has 0 radical (unpaired) electrons. The topological polar surface area (TPSA) is 84.5 Å². The van der Waals surface area contributed by atoms with E-state index in [2.05, 4.69) is 10.0 Å². The van der Waals surface area contributed by atoms with Crippen molar-refractivity contribution in [3.63, 3.8) is 0 Å². The van der Waals surface area contributed by atoms with Gasteiger partial charge in [-0.25, -0.2) is 9.52 Å². The van der Waals surface area contributed by atoms with E-state index < -0.39 is 16.3 Å². The van der Waals surface area contributed by atoms with Crippen molar-refractivity contribution in [1.29, 1.82) is 0 Å². The molecule has 0 aliphatic heterocycles. The van der Waals surface area contributed by atoms with E-state index in [1.54, 1.807) is 0 Å². The first kappa shape index (κ1) is 28.7. The minimum Gasteiger partial charge on any atom is -0.366 e. The number of aryl methyl sites for hydroxylation is 1. The summed E-state index contributed by atoms with van der Waals surface area (Å²) >= 11 is 0. The van der Waals surface area contributed by atoms with Crippen molar-refractivity contribution >= 4 is 22.0 Å². The van der Waals surface area contributed by atoms with Gasteiger partial charge in [0.1, 0.15) is 0 Å². The van der Waals surface area contributed by atoms with Gasteiger partial charge in [-0.2, -0.15) is 8.42 Å². The van der Waals surface area contributed by atoms with Crippen LogP contribution in [0.1, 0.15) is 109 Å². The molecule has 0 bridgehead atoms. The first-order valence-electron chi connectivity index (χ1n) is 12.1. The second-order valence-electron chi connectivity index (χ2n) is 11.9. The summed E-state index contributed by atoms with van der Waals surface area (Å²) < 4.78 is 33.9. The van der Waals surface area contributed by atoms with E-state index in [0.29, 0.717) is 5.69 Å². The lowest BCUT2D eigenvalue weighted by molar-refractivity contribution is 0.255. The maximum Gasteiger partial charge on any atom is 0.411 e. The minimum absolute atomic E-state index is 0.146. The fraction of sp³-hybridized carbons (Fsp3) is 0.536. The Kier molecular flexibility index (Phi) is 8.37. The Morgan fingerprint density at radius 2 is 1.29 bits per heavy atom. The van der Waals surface area contributed by atoms with E-state index in [1.807, 2.05) is 106 Å². The van der Waals surface area contributed by atoms with Crippen LogP contribution >= 0.6 is 0 Å². The molecule has 2 N–H and O–H groups in total. The fourth-order valence-electron chi connectivity index (χ4n) is 4.06. The van der Waals surface area contributed by atoms with Crippen molar-refractivity contribution in [2.45, 2.75) is 98.8 Å². The molecule has 6 nitrogen and oxygen atoms in total. The van der Waals surface area contributed by atoms with Crippen LogP contribution in [0.2, 0.25) is 0 Å². The van der Waals surface area contributed by atoms with Gasteiger partial charge in [-0.15, -0.1) is 0 Å². The lowest BCUT2D eigenvalue weighted by atomic mass is 9.78. The van der Waals surface area contributed by atoms with E-state index >= 15 is 0 Å². The molecular formula is C28H42N2O4S. The Bertz CT molecular complexity index is 1120. The highest BCUT2D eigenvalue weighted by Gasteiger charge is 2.31. The molecule has 2 aromatic rings. The number of nitrogens with one attached hydrogen (secondary N) is 2. The average Bonchev–Trinajstić information content (AvgIpc) is 2.66.